The summed E-state index contributed by atoms with van der Waals surface area (Å²) in [5, 5.41) is 12.3. The Morgan fingerprint density at radius 2 is 2.14 bits per heavy atom. The lowest BCUT2D eigenvalue weighted by Crippen LogP contribution is -1.96. The van der Waals surface area contributed by atoms with Crippen molar-refractivity contribution < 1.29 is 9.72 Å². The van der Waals surface area contributed by atoms with Crippen LogP contribution in [0, 0.1) is 20.6 Å². The third kappa shape index (κ3) is 2.17. The number of non-ortho nitro benzene ring substituents is 1. The van der Waals surface area contributed by atoms with E-state index in [1.807, 2.05) is 6.07 Å². The molecule has 0 aromatic rings. The molecular formula is C9H8BrNO3. The van der Waals surface area contributed by atoms with Gasteiger partial charge in [0.1, 0.15) is 5.78 Å². The lowest BCUT2D eigenvalue weighted by atomic mass is 10.1. The van der Waals surface area contributed by atoms with Gasteiger partial charge in [-0.05, 0) is 18.2 Å². The number of Topliss-reactive ketones (excluding diaryl/α,β-unsaturated/α-hetero) is 1. The smallest absolute Gasteiger partial charge is 0.277 e. The summed E-state index contributed by atoms with van der Waals surface area (Å²) in [4.78, 5) is 19.4. The van der Waals surface area contributed by atoms with Crippen molar-refractivity contribution in [1.82, 2.24) is 0 Å². The number of carbonyl (C=O) groups is 1. The van der Waals surface area contributed by atoms with Gasteiger partial charge in [-0.25, -0.2) is 0 Å². The summed E-state index contributed by atoms with van der Waals surface area (Å²) in [6.45, 7) is 1.54. The molecule has 5 heteroatoms. The van der Waals surface area contributed by atoms with Gasteiger partial charge in [0, 0.05) is 6.07 Å². The number of halogens is 1. The molecule has 2 aliphatic rings. The summed E-state index contributed by atoms with van der Waals surface area (Å²) in [6, 6.07) is 5.20. The van der Waals surface area contributed by atoms with Gasteiger partial charge in [-0.3, -0.25) is 14.9 Å². The monoisotopic (exact) mass is 257 g/mol. The van der Waals surface area contributed by atoms with Gasteiger partial charge in [-0.1, -0.05) is 22.0 Å². The van der Waals surface area contributed by atoms with Gasteiger partial charge >= 0.3 is 0 Å². The zero-order chi connectivity index (χ0) is 10.7. The maximum Gasteiger partial charge on any atom is 0.277 e. The Kier molecular flexibility index (Phi) is 3.35. The number of ketones is 1. The molecule has 0 saturated carbocycles. The molecule has 2 rings (SSSR count). The van der Waals surface area contributed by atoms with E-state index in [0.717, 1.165) is 10.4 Å². The predicted octanol–water partition coefficient (Wildman–Crippen LogP) is 2.17. The normalized spacial score (nSPS) is 9.86. The van der Waals surface area contributed by atoms with Crippen LogP contribution in [0.25, 0.3) is 0 Å². The number of alkyl halides is 1. The third-order valence-corrected chi connectivity index (χ3v) is 2.48. The zero-order valence-electron chi connectivity index (χ0n) is 7.49. The second-order valence-electron chi connectivity index (χ2n) is 2.82. The highest BCUT2D eigenvalue weighted by Crippen LogP contribution is 2.22. The van der Waals surface area contributed by atoms with Gasteiger partial charge in [0.2, 0.25) is 0 Å². The first-order chi connectivity index (χ1) is 6.56. The number of hydrogen-bond donors (Lipinski definition) is 0. The molecule has 0 atom stereocenters. The summed E-state index contributed by atoms with van der Waals surface area (Å²) in [5.74, 6) is 0.171. The summed E-state index contributed by atoms with van der Waals surface area (Å²) in [6.07, 6.45) is 0. The van der Waals surface area contributed by atoms with Crippen LogP contribution in [0.2, 0.25) is 0 Å². The van der Waals surface area contributed by atoms with Crippen molar-refractivity contribution in [3.05, 3.63) is 38.8 Å². The molecule has 0 bridgehead atoms. The summed E-state index contributed by atoms with van der Waals surface area (Å²) >= 11 is 2.96. The Labute approximate surface area is 88.5 Å². The molecule has 0 heterocycles. The van der Waals surface area contributed by atoms with Gasteiger partial charge in [-0.2, -0.15) is 0 Å². The van der Waals surface area contributed by atoms with Crippen LogP contribution in [-0.4, -0.2) is 16.0 Å². The summed E-state index contributed by atoms with van der Waals surface area (Å²) < 4.78 is 0. The largest absolute Gasteiger partial charge is 0.299 e. The van der Waals surface area contributed by atoms with Crippen LogP contribution in [0.4, 0.5) is 5.69 Å². The van der Waals surface area contributed by atoms with E-state index in [-0.39, 0.29) is 16.4 Å². The van der Waals surface area contributed by atoms with E-state index in [2.05, 4.69) is 15.9 Å². The minimum atomic E-state index is -0.359. The van der Waals surface area contributed by atoms with Crippen molar-refractivity contribution in [2.24, 2.45) is 0 Å². The van der Waals surface area contributed by atoms with E-state index in [1.54, 1.807) is 12.1 Å². The Balaban J connectivity index is 0.000000171. The van der Waals surface area contributed by atoms with Gasteiger partial charge < -0.3 is 0 Å². The maximum absolute atomic E-state index is 10.0. The minimum Gasteiger partial charge on any atom is -0.299 e. The molecule has 0 fully saturated rings. The number of benzene rings is 1. The molecule has 0 aromatic heterocycles. The molecule has 0 aliphatic heterocycles. The Morgan fingerprint density at radius 3 is 2.21 bits per heavy atom. The first-order valence-electron chi connectivity index (χ1n) is 3.90. The summed E-state index contributed by atoms with van der Waals surface area (Å²) in [5.41, 5.74) is 0.257. The first kappa shape index (κ1) is 10.8. The van der Waals surface area contributed by atoms with E-state index >= 15 is 0 Å². The van der Waals surface area contributed by atoms with Gasteiger partial charge in [0.15, 0.2) is 0 Å². The van der Waals surface area contributed by atoms with Crippen LogP contribution in [0.1, 0.15) is 6.92 Å². The SMILES string of the molecule is CC(=O)CBr.O=[N+]([O-])c1cc2ccc1=2. The van der Waals surface area contributed by atoms with Crippen LogP contribution in [0.15, 0.2) is 18.2 Å². The van der Waals surface area contributed by atoms with Crippen molar-refractivity contribution in [2.75, 3.05) is 5.33 Å². The van der Waals surface area contributed by atoms with E-state index in [0.29, 0.717) is 5.33 Å². The molecule has 2 aliphatic carbocycles. The molecule has 0 N–H and O–H groups in total. The van der Waals surface area contributed by atoms with E-state index in [9.17, 15) is 14.9 Å². The number of nitro benzene ring substituents is 1. The summed E-state index contributed by atoms with van der Waals surface area (Å²) in [7, 11) is 0. The number of nitrogens with zero attached hydrogens (tertiary/aromatic N) is 1. The molecule has 4 nitrogen and oxygen atoms in total. The van der Waals surface area contributed by atoms with Crippen LogP contribution in [-0.2, 0) is 4.79 Å². The number of hydrogen-bond acceptors (Lipinski definition) is 3. The molecule has 14 heavy (non-hydrogen) atoms. The highest BCUT2D eigenvalue weighted by Gasteiger charge is 2.14. The molecule has 0 spiro atoms. The van der Waals surface area contributed by atoms with Crippen LogP contribution in [0.5, 0.6) is 0 Å². The molecule has 0 radical (unpaired) electrons. The average Bonchev–Trinajstić information content (AvgIpc) is 2.10. The predicted molar refractivity (Wildman–Crippen MR) is 55.2 cm³/mol. The lowest BCUT2D eigenvalue weighted by molar-refractivity contribution is -0.386. The van der Waals surface area contributed by atoms with E-state index < -0.39 is 0 Å². The number of rotatable bonds is 2. The van der Waals surface area contributed by atoms with Crippen molar-refractivity contribution in [3.8, 4) is 0 Å². The first-order valence-corrected chi connectivity index (χ1v) is 5.02. The quantitative estimate of drug-likeness (QED) is 0.471. The van der Waals surface area contributed by atoms with Crippen molar-refractivity contribution in [2.45, 2.75) is 6.92 Å². The Morgan fingerprint density at radius 1 is 1.57 bits per heavy atom. The Bertz CT molecular complexity index is 469. The third-order valence-electron chi connectivity index (χ3n) is 1.69. The molecule has 74 valence electrons. The minimum absolute atomic E-state index is 0.171. The highest BCUT2D eigenvalue weighted by molar-refractivity contribution is 9.09. The van der Waals surface area contributed by atoms with Gasteiger partial charge in [-0.15, -0.1) is 0 Å². The number of carbonyl (C=O) groups excluding carboxylic acids is 1. The average molecular weight is 258 g/mol. The van der Waals surface area contributed by atoms with E-state index in [4.69, 9.17) is 0 Å². The molecule has 0 aromatic carbocycles. The zero-order valence-corrected chi connectivity index (χ0v) is 9.08. The number of nitro groups is 1. The lowest BCUT2D eigenvalue weighted by Gasteiger charge is -2.01. The molecule has 0 saturated heterocycles. The highest BCUT2D eigenvalue weighted by atomic mass is 79.9. The fraction of sp³-hybridized carbons (Fsp3) is 0.222. The second kappa shape index (κ2) is 4.32. The maximum atomic E-state index is 10.0. The standard InChI is InChI=1S/C6H3NO2.C3H5BrO/c8-7(9)6-3-4-1-2-5(4)6;1-3(5)2-4/h1-3H;2H2,1H3. The second-order valence-corrected chi connectivity index (χ2v) is 3.39. The van der Waals surface area contributed by atoms with Gasteiger partial charge in [0.25, 0.3) is 5.69 Å². The molecule has 0 unspecified atom stereocenters. The topological polar surface area (TPSA) is 60.2 Å². The van der Waals surface area contributed by atoms with Crippen molar-refractivity contribution in [1.29, 1.82) is 0 Å². The van der Waals surface area contributed by atoms with Crippen LogP contribution in [0.3, 0.4) is 0 Å². The molecular weight excluding hydrogens is 250 g/mol. The van der Waals surface area contributed by atoms with Crippen LogP contribution < -0.4 is 0 Å². The van der Waals surface area contributed by atoms with Crippen molar-refractivity contribution in [3.63, 3.8) is 0 Å². The Hall–Kier alpha value is -1.23. The fourth-order valence-corrected chi connectivity index (χ4v) is 0.920. The fourth-order valence-electron chi connectivity index (χ4n) is 0.920. The van der Waals surface area contributed by atoms with E-state index in [1.165, 1.54) is 6.92 Å². The van der Waals surface area contributed by atoms with Crippen LogP contribution >= 0.6 is 15.9 Å². The van der Waals surface area contributed by atoms with Gasteiger partial charge in [0.05, 0.1) is 15.5 Å². The van der Waals surface area contributed by atoms with Crippen molar-refractivity contribution >= 4 is 27.4 Å². The molecule has 0 amide bonds.